The van der Waals surface area contributed by atoms with Gasteiger partial charge in [-0.2, -0.15) is 0 Å². The Kier molecular flexibility index (Phi) is 4.69. The second kappa shape index (κ2) is 6.05. The lowest BCUT2D eigenvalue weighted by Crippen LogP contribution is -2.41. The molecule has 0 spiro atoms. The van der Waals surface area contributed by atoms with E-state index in [9.17, 15) is 0 Å². The van der Waals surface area contributed by atoms with Gasteiger partial charge in [0.05, 0.1) is 0 Å². The summed E-state index contributed by atoms with van der Waals surface area (Å²) in [5.41, 5.74) is 6.52. The first-order valence-electron chi connectivity index (χ1n) is 7.54. The van der Waals surface area contributed by atoms with Gasteiger partial charge in [0.1, 0.15) is 0 Å². The maximum absolute atomic E-state index is 6.52. The molecule has 0 unspecified atom stereocenters. The molecule has 2 aliphatic rings. The third kappa shape index (κ3) is 3.00. The number of nitrogens with two attached hydrogens (primary N) is 1. The van der Waals surface area contributed by atoms with Gasteiger partial charge in [0.15, 0.2) is 0 Å². The lowest BCUT2D eigenvalue weighted by atomic mass is 9.72. The summed E-state index contributed by atoms with van der Waals surface area (Å²) in [5.74, 6) is 2.54. The first-order valence-corrected chi connectivity index (χ1v) is 7.54. The van der Waals surface area contributed by atoms with Crippen molar-refractivity contribution in [1.29, 1.82) is 0 Å². The van der Waals surface area contributed by atoms with Gasteiger partial charge in [0, 0.05) is 6.04 Å². The molecule has 0 heterocycles. The van der Waals surface area contributed by atoms with Crippen LogP contribution in [-0.4, -0.2) is 6.04 Å². The van der Waals surface area contributed by atoms with Gasteiger partial charge in [-0.15, -0.1) is 0 Å². The van der Waals surface area contributed by atoms with Crippen molar-refractivity contribution in [2.24, 2.45) is 23.5 Å². The molecule has 1 nitrogen and oxygen atoms in total. The Morgan fingerprint density at radius 1 is 0.750 bits per heavy atom. The van der Waals surface area contributed by atoms with Crippen LogP contribution in [-0.2, 0) is 0 Å². The molecule has 2 N–H and O–H groups in total. The zero-order chi connectivity index (χ0) is 11.4. The van der Waals surface area contributed by atoms with Crippen LogP contribution < -0.4 is 5.73 Å². The van der Waals surface area contributed by atoms with Crippen LogP contribution in [0, 0.1) is 17.8 Å². The van der Waals surface area contributed by atoms with Gasteiger partial charge in [0.25, 0.3) is 0 Å². The topological polar surface area (TPSA) is 26.0 Å². The summed E-state index contributed by atoms with van der Waals surface area (Å²) in [4.78, 5) is 0. The van der Waals surface area contributed by atoms with Gasteiger partial charge in [-0.3, -0.25) is 0 Å². The monoisotopic (exact) mass is 223 g/mol. The summed E-state index contributed by atoms with van der Waals surface area (Å²) >= 11 is 0. The molecule has 94 valence electrons. The van der Waals surface area contributed by atoms with Crippen LogP contribution in [0.1, 0.15) is 71.1 Å². The summed E-state index contributed by atoms with van der Waals surface area (Å²) in [7, 11) is 0. The van der Waals surface area contributed by atoms with Gasteiger partial charge in [0.2, 0.25) is 0 Å². The van der Waals surface area contributed by atoms with Crippen LogP contribution in [0.5, 0.6) is 0 Å². The quantitative estimate of drug-likeness (QED) is 0.765. The van der Waals surface area contributed by atoms with Crippen LogP contribution in [0.15, 0.2) is 0 Å². The molecule has 2 rings (SSSR count). The average Bonchev–Trinajstić information content (AvgIpc) is 2.39. The molecule has 2 fully saturated rings. The smallest absolute Gasteiger partial charge is 0.00956 e. The standard InChI is InChI=1S/C15H29N/c1-12(13-8-4-2-5-9-13)15(16)14-10-6-3-7-11-14/h12-15H,2-11,16H2,1H3/t12-,15+/m0/s1. The molecule has 0 amide bonds. The van der Waals surface area contributed by atoms with Crippen molar-refractivity contribution in [3.63, 3.8) is 0 Å². The van der Waals surface area contributed by atoms with Crippen molar-refractivity contribution in [2.75, 3.05) is 0 Å². The fraction of sp³-hybridized carbons (Fsp3) is 1.00. The van der Waals surface area contributed by atoms with E-state index in [-0.39, 0.29) is 0 Å². The van der Waals surface area contributed by atoms with Gasteiger partial charge in [-0.25, -0.2) is 0 Å². The fourth-order valence-corrected chi connectivity index (χ4v) is 3.92. The van der Waals surface area contributed by atoms with E-state index in [1.807, 2.05) is 0 Å². The predicted octanol–water partition coefficient (Wildman–Crippen LogP) is 4.11. The molecule has 2 atom stereocenters. The summed E-state index contributed by atoms with van der Waals surface area (Å²) in [6.45, 7) is 2.43. The van der Waals surface area contributed by atoms with Crippen molar-refractivity contribution >= 4 is 0 Å². The summed E-state index contributed by atoms with van der Waals surface area (Å²) in [5, 5.41) is 0. The lowest BCUT2D eigenvalue weighted by Gasteiger charge is -2.37. The molecule has 16 heavy (non-hydrogen) atoms. The highest BCUT2D eigenvalue weighted by molar-refractivity contribution is 4.85. The SMILES string of the molecule is C[C@@H](C1CCCCC1)[C@@H](N)C1CCCCC1. The summed E-state index contributed by atoms with van der Waals surface area (Å²) in [6.07, 6.45) is 14.4. The first-order chi connectivity index (χ1) is 7.79. The molecule has 0 aliphatic heterocycles. The van der Waals surface area contributed by atoms with E-state index in [4.69, 9.17) is 5.73 Å². The van der Waals surface area contributed by atoms with Crippen LogP contribution in [0.4, 0.5) is 0 Å². The summed E-state index contributed by atoms with van der Waals surface area (Å²) < 4.78 is 0. The Balaban J connectivity index is 1.84. The van der Waals surface area contributed by atoms with Crippen molar-refractivity contribution in [3.05, 3.63) is 0 Å². The third-order valence-electron chi connectivity index (χ3n) is 5.19. The zero-order valence-corrected chi connectivity index (χ0v) is 11.0. The van der Waals surface area contributed by atoms with E-state index < -0.39 is 0 Å². The molecule has 0 aromatic rings. The fourth-order valence-electron chi connectivity index (χ4n) is 3.92. The van der Waals surface area contributed by atoms with Crippen molar-refractivity contribution in [3.8, 4) is 0 Å². The molecular formula is C15H29N. The molecule has 0 bridgehead atoms. The van der Waals surface area contributed by atoms with Gasteiger partial charge in [-0.05, 0) is 30.6 Å². The Morgan fingerprint density at radius 3 is 1.69 bits per heavy atom. The summed E-state index contributed by atoms with van der Waals surface area (Å²) in [6, 6.07) is 0.489. The van der Waals surface area contributed by atoms with Crippen LogP contribution in [0.25, 0.3) is 0 Å². The number of hydrogen-bond acceptors (Lipinski definition) is 1. The second-order valence-corrected chi connectivity index (χ2v) is 6.23. The Bertz CT molecular complexity index is 168. The van der Waals surface area contributed by atoms with Crippen molar-refractivity contribution in [2.45, 2.75) is 77.2 Å². The maximum Gasteiger partial charge on any atom is 0.00956 e. The minimum absolute atomic E-state index is 0.489. The van der Waals surface area contributed by atoms with Crippen molar-refractivity contribution < 1.29 is 0 Å². The number of rotatable bonds is 3. The van der Waals surface area contributed by atoms with E-state index >= 15 is 0 Å². The third-order valence-corrected chi connectivity index (χ3v) is 5.19. The van der Waals surface area contributed by atoms with Crippen LogP contribution in [0.3, 0.4) is 0 Å². The first kappa shape index (κ1) is 12.4. The number of hydrogen-bond donors (Lipinski definition) is 1. The molecule has 0 aromatic heterocycles. The minimum atomic E-state index is 0.489. The normalized spacial score (nSPS) is 28.9. The molecule has 1 heteroatoms. The highest BCUT2D eigenvalue weighted by atomic mass is 14.7. The predicted molar refractivity (Wildman–Crippen MR) is 70.3 cm³/mol. The van der Waals surface area contributed by atoms with Crippen LogP contribution >= 0.6 is 0 Å². The highest BCUT2D eigenvalue weighted by Crippen LogP contribution is 2.36. The largest absolute Gasteiger partial charge is 0.327 e. The average molecular weight is 223 g/mol. The Labute approximate surface area is 101 Å². The lowest BCUT2D eigenvalue weighted by molar-refractivity contribution is 0.172. The van der Waals surface area contributed by atoms with E-state index in [0.717, 1.165) is 17.8 Å². The second-order valence-electron chi connectivity index (χ2n) is 6.23. The molecule has 2 aliphatic carbocycles. The molecule has 0 saturated heterocycles. The van der Waals surface area contributed by atoms with E-state index in [0.29, 0.717) is 6.04 Å². The van der Waals surface area contributed by atoms with Crippen LogP contribution in [0.2, 0.25) is 0 Å². The van der Waals surface area contributed by atoms with Crippen molar-refractivity contribution in [1.82, 2.24) is 0 Å². The van der Waals surface area contributed by atoms with Gasteiger partial charge >= 0.3 is 0 Å². The highest BCUT2D eigenvalue weighted by Gasteiger charge is 2.30. The van der Waals surface area contributed by atoms with Gasteiger partial charge in [-0.1, -0.05) is 58.3 Å². The van der Waals surface area contributed by atoms with E-state index in [1.165, 1.54) is 64.2 Å². The molecule has 2 saturated carbocycles. The maximum atomic E-state index is 6.52. The molecule has 0 radical (unpaired) electrons. The molecule has 0 aromatic carbocycles. The van der Waals surface area contributed by atoms with E-state index in [2.05, 4.69) is 6.92 Å². The molecular weight excluding hydrogens is 194 g/mol. The van der Waals surface area contributed by atoms with Gasteiger partial charge < -0.3 is 5.73 Å². The van der Waals surface area contributed by atoms with E-state index in [1.54, 1.807) is 0 Å². The zero-order valence-electron chi connectivity index (χ0n) is 11.0. The Morgan fingerprint density at radius 2 is 1.19 bits per heavy atom. The minimum Gasteiger partial charge on any atom is -0.327 e. The Hall–Kier alpha value is -0.0400.